The first kappa shape index (κ1) is 6.86. The van der Waals surface area contributed by atoms with Gasteiger partial charge in [0.2, 0.25) is 0 Å². The number of aromatic nitrogens is 2. The zero-order chi connectivity index (χ0) is 9.12. The van der Waals surface area contributed by atoms with Crippen LogP contribution < -0.4 is 0 Å². The molecule has 2 heterocycles. The molecule has 1 aromatic heterocycles. The van der Waals surface area contributed by atoms with Crippen LogP contribution in [0.2, 0.25) is 0 Å². The summed E-state index contributed by atoms with van der Waals surface area (Å²) in [5, 5.41) is 15.2. The van der Waals surface area contributed by atoms with Crippen molar-refractivity contribution >= 4 is 5.84 Å². The van der Waals surface area contributed by atoms with Crippen molar-refractivity contribution in [1.82, 2.24) is 10.2 Å². The van der Waals surface area contributed by atoms with Gasteiger partial charge in [0.25, 0.3) is 0 Å². The summed E-state index contributed by atoms with van der Waals surface area (Å²) in [5.41, 5.74) is 3.61. The van der Waals surface area contributed by atoms with Crippen molar-refractivity contribution < 1.29 is 0 Å². The van der Waals surface area contributed by atoms with Crippen molar-refractivity contribution in [3.63, 3.8) is 0 Å². The van der Waals surface area contributed by atoms with E-state index in [0.717, 1.165) is 24.0 Å². The van der Waals surface area contributed by atoms with Gasteiger partial charge in [0, 0.05) is 17.2 Å². The van der Waals surface area contributed by atoms with Gasteiger partial charge in [-0.15, -0.1) is 5.11 Å². The Balaban J connectivity index is 1.86. The molecule has 0 amide bonds. The molecule has 5 heteroatoms. The molecule has 1 aromatic rings. The fourth-order valence-corrected chi connectivity index (χ4v) is 2.52. The Bertz CT molecular complexity index is 470. The number of fused-ring (bicyclic) bond motifs is 3. The normalized spacial score (nSPS) is 31.6. The first-order valence-electron chi connectivity index (χ1n) is 4.93. The minimum absolute atomic E-state index is 0.462. The number of H-pyrrole nitrogens is 1. The molecule has 2 atom stereocenters. The van der Waals surface area contributed by atoms with Crippen LogP contribution in [0.15, 0.2) is 15.2 Å². The number of rotatable bonds is 1. The van der Waals surface area contributed by atoms with E-state index in [1.807, 2.05) is 0 Å². The van der Waals surface area contributed by atoms with Crippen molar-refractivity contribution in [2.45, 2.75) is 18.8 Å². The Morgan fingerprint density at radius 2 is 2.36 bits per heavy atom. The number of nitrogens with zero attached hydrogens (tertiary/aromatic N) is 4. The lowest BCUT2D eigenvalue weighted by atomic mass is 10.1. The summed E-state index contributed by atoms with van der Waals surface area (Å²) in [5.74, 6) is 2.34. The molecule has 1 aliphatic heterocycles. The second-order valence-corrected chi connectivity index (χ2v) is 4.14. The average Bonchev–Trinajstić information content (AvgIpc) is 2.63. The first-order chi connectivity index (χ1) is 6.93. The van der Waals surface area contributed by atoms with E-state index >= 15 is 0 Å². The SMILES string of the molecule is C1N=NC(c2n[nH]c3c2C[C@H]2C[C@@H]32)=N1. The number of nitrogens with one attached hydrogen (secondary N) is 1. The van der Waals surface area contributed by atoms with E-state index in [2.05, 4.69) is 25.4 Å². The fourth-order valence-electron chi connectivity index (χ4n) is 2.52. The van der Waals surface area contributed by atoms with Crippen LogP contribution in [0.3, 0.4) is 0 Å². The van der Waals surface area contributed by atoms with Crippen molar-refractivity contribution in [1.29, 1.82) is 0 Å². The minimum Gasteiger partial charge on any atom is -0.281 e. The Morgan fingerprint density at radius 1 is 1.36 bits per heavy atom. The quantitative estimate of drug-likeness (QED) is 0.706. The van der Waals surface area contributed by atoms with E-state index in [9.17, 15) is 0 Å². The molecule has 1 N–H and O–H groups in total. The molecular formula is C9H9N5. The summed E-state index contributed by atoms with van der Waals surface area (Å²) >= 11 is 0. The first-order valence-corrected chi connectivity index (χ1v) is 4.93. The highest BCUT2D eigenvalue weighted by molar-refractivity contribution is 5.99. The summed E-state index contributed by atoms with van der Waals surface area (Å²) in [6.07, 6.45) is 2.49. The highest BCUT2D eigenvalue weighted by atomic mass is 15.3. The molecule has 1 saturated carbocycles. The Morgan fingerprint density at radius 3 is 3.21 bits per heavy atom. The number of aliphatic imine (C=N–C) groups is 1. The lowest BCUT2D eigenvalue weighted by Gasteiger charge is -1.95. The van der Waals surface area contributed by atoms with Crippen molar-refractivity contribution in [3.05, 3.63) is 17.0 Å². The zero-order valence-corrected chi connectivity index (χ0v) is 7.56. The summed E-state index contributed by atoms with van der Waals surface area (Å²) in [4.78, 5) is 4.20. The number of aromatic amines is 1. The molecule has 4 rings (SSSR count). The molecule has 0 bridgehead atoms. The fraction of sp³-hybridized carbons (Fsp3) is 0.556. The van der Waals surface area contributed by atoms with E-state index in [-0.39, 0.29) is 0 Å². The summed E-state index contributed by atoms with van der Waals surface area (Å²) < 4.78 is 0. The Kier molecular flexibility index (Phi) is 1.03. The van der Waals surface area contributed by atoms with Gasteiger partial charge in [-0.25, -0.2) is 4.99 Å². The highest BCUT2D eigenvalue weighted by Gasteiger charge is 2.48. The van der Waals surface area contributed by atoms with Crippen molar-refractivity contribution in [2.24, 2.45) is 21.1 Å². The van der Waals surface area contributed by atoms with E-state index < -0.39 is 0 Å². The highest BCUT2D eigenvalue weighted by Crippen LogP contribution is 2.56. The minimum atomic E-state index is 0.462. The molecule has 0 unspecified atom stereocenters. The van der Waals surface area contributed by atoms with E-state index in [1.165, 1.54) is 17.7 Å². The van der Waals surface area contributed by atoms with E-state index in [4.69, 9.17) is 0 Å². The molecule has 14 heavy (non-hydrogen) atoms. The largest absolute Gasteiger partial charge is 0.281 e. The van der Waals surface area contributed by atoms with Gasteiger partial charge in [0.15, 0.2) is 12.5 Å². The van der Waals surface area contributed by atoms with Gasteiger partial charge in [0.1, 0.15) is 5.69 Å². The van der Waals surface area contributed by atoms with Crippen LogP contribution in [-0.4, -0.2) is 22.7 Å². The molecule has 0 spiro atoms. The molecule has 0 aromatic carbocycles. The van der Waals surface area contributed by atoms with Crippen LogP contribution in [0.4, 0.5) is 0 Å². The van der Waals surface area contributed by atoms with Gasteiger partial charge in [-0.3, -0.25) is 5.10 Å². The van der Waals surface area contributed by atoms with Crippen LogP contribution >= 0.6 is 0 Å². The van der Waals surface area contributed by atoms with Crippen LogP contribution in [-0.2, 0) is 6.42 Å². The van der Waals surface area contributed by atoms with Crippen LogP contribution in [0.5, 0.6) is 0 Å². The summed E-state index contributed by atoms with van der Waals surface area (Å²) in [6.45, 7) is 0.462. The second-order valence-electron chi connectivity index (χ2n) is 4.14. The van der Waals surface area contributed by atoms with Crippen LogP contribution in [0.1, 0.15) is 29.3 Å². The standard InChI is InChI=1S/C9H9N5/c1-4-2-6-7(5(1)4)12-13-8(6)9-10-3-11-14-9/h4-5H,1-3H2,(H,12,13)/t4-,5-/m1/s1. The average molecular weight is 187 g/mol. The molecule has 2 aliphatic carbocycles. The molecule has 70 valence electrons. The number of hydrogen-bond acceptors (Lipinski definition) is 4. The topological polar surface area (TPSA) is 65.8 Å². The van der Waals surface area contributed by atoms with E-state index in [0.29, 0.717) is 12.5 Å². The maximum absolute atomic E-state index is 4.29. The molecule has 0 radical (unpaired) electrons. The summed E-state index contributed by atoms with van der Waals surface area (Å²) in [6, 6.07) is 0. The van der Waals surface area contributed by atoms with Gasteiger partial charge >= 0.3 is 0 Å². The maximum atomic E-state index is 4.29. The van der Waals surface area contributed by atoms with Gasteiger partial charge in [-0.2, -0.15) is 10.2 Å². The number of hydrogen-bond donors (Lipinski definition) is 1. The molecule has 1 fully saturated rings. The zero-order valence-electron chi connectivity index (χ0n) is 7.56. The lowest BCUT2D eigenvalue weighted by molar-refractivity contribution is 0.838. The third-order valence-electron chi connectivity index (χ3n) is 3.32. The van der Waals surface area contributed by atoms with Crippen molar-refractivity contribution in [3.8, 4) is 0 Å². The molecule has 0 saturated heterocycles. The van der Waals surface area contributed by atoms with Gasteiger partial charge in [-0.1, -0.05) is 0 Å². The van der Waals surface area contributed by atoms with Gasteiger partial charge in [0.05, 0.1) is 0 Å². The van der Waals surface area contributed by atoms with Crippen molar-refractivity contribution in [2.75, 3.05) is 6.67 Å². The Labute approximate surface area is 80.3 Å². The number of amidine groups is 1. The number of azo groups is 1. The molecular weight excluding hydrogens is 178 g/mol. The molecule has 5 nitrogen and oxygen atoms in total. The Hall–Kier alpha value is -1.52. The van der Waals surface area contributed by atoms with Crippen LogP contribution in [0, 0.1) is 5.92 Å². The second kappa shape index (κ2) is 2.10. The monoisotopic (exact) mass is 187 g/mol. The summed E-state index contributed by atoms with van der Waals surface area (Å²) in [7, 11) is 0. The smallest absolute Gasteiger partial charge is 0.199 e. The lowest BCUT2D eigenvalue weighted by Crippen LogP contribution is -1.99. The maximum Gasteiger partial charge on any atom is 0.199 e. The predicted octanol–water partition coefficient (Wildman–Crippen LogP) is 1.24. The predicted molar refractivity (Wildman–Crippen MR) is 49.4 cm³/mol. The third kappa shape index (κ3) is 0.708. The third-order valence-corrected chi connectivity index (χ3v) is 3.32. The van der Waals surface area contributed by atoms with Gasteiger partial charge < -0.3 is 0 Å². The van der Waals surface area contributed by atoms with Gasteiger partial charge in [-0.05, 0) is 18.8 Å². The van der Waals surface area contributed by atoms with Crippen LogP contribution in [0.25, 0.3) is 0 Å². The molecule has 3 aliphatic rings. The van der Waals surface area contributed by atoms with E-state index in [1.54, 1.807) is 0 Å².